The fraction of sp³-hybridized carbons (Fsp3) is 0.458. The van der Waals surface area contributed by atoms with Gasteiger partial charge < -0.3 is 19.8 Å². The first kappa shape index (κ1) is 23.0. The van der Waals surface area contributed by atoms with Gasteiger partial charge in [-0.25, -0.2) is 14.8 Å². The summed E-state index contributed by atoms with van der Waals surface area (Å²) in [5.74, 6) is 1.00. The molecule has 11 heteroatoms. The number of piperazine rings is 1. The molecule has 184 valence electrons. The molecule has 35 heavy (non-hydrogen) atoms. The van der Waals surface area contributed by atoms with Gasteiger partial charge in [0.2, 0.25) is 5.95 Å². The Hall–Kier alpha value is -3.73. The molecule has 5 rings (SSSR count). The lowest BCUT2D eigenvalue weighted by Crippen LogP contribution is -2.47. The van der Waals surface area contributed by atoms with Crippen LogP contribution < -0.4 is 15.8 Å². The summed E-state index contributed by atoms with van der Waals surface area (Å²) in [6.45, 7) is 7.90. The Kier molecular flexibility index (Phi) is 6.01. The number of hydrogen-bond acceptors (Lipinski definition) is 10. The van der Waals surface area contributed by atoms with Crippen molar-refractivity contribution in [1.29, 1.82) is 0 Å². The van der Waals surface area contributed by atoms with E-state index in [1.165, 1.54) is 0 Å². The zero-order valence-corrected chi connectivity index (χ0v) is 20.1. The van der Waals surface area contributed by atoms with E-state index in [2.05, 4.69) is 25.2 Å². The third-order valence-corrected chi connectivity index (χ3v) is 5.76. The molecule has 0 aromatic carbocycles. The SMILES string of the molecule is CC(C)(C)OC(=O)ON1CCN(c2ccc(Nc3ncc4ccc(=O)n(C5CC5)c4n3)nc2)CC1. The van der Waals surface area contributed by atoms with E-state index in [4.69, 9.17) is 9.57 Å². The molecule has 11 nitrogen and oxygen atoms in total. The van der Waals surface area contributed by atoms with Crippen LogP contribution in [0.5, 0.6) is 0 Å². The standard InChI is InChI=1S/C24H29N7O4/c1-24(2,3)34-23(33)35-30-12-10-29(11-13-30)18-7-8-19(25-15-18)27-22-26-14-16-4-9-20(32)31(17-5-6-17)21(16)28-22/h4,7-9,14-15,17H,5-6,10-13H2,1-3H3,(H,25,26,27,28). The van der Waals surface area contributed by atoms with Gasteiger partial charge in [0, 0.05) is 36.8 Å². The fourth-order valence-corrected chi connectivity index (χ4v) is 3.96. The Morgan fingerprint density at radius 3 is 2.46 bits per heavy atom. The van der Waals surface area contributed by atoms with Gasteiger partial charge in [-0.15, -0.1) is 5.06 Å². The van der Waals surface area contributed by atoms with Crippen LogP contribution in [0.15, 0.2) is 41.5 Å². The molecule has 0 unspecified atom stereocenters. The minimum Gasteiger partial charge on any atom is -0.427 e. The van der Waals surface area contributed by atoms with Gasteiger partial charge in [-0.2, -0.15) is 4.98 Å². The van der Waals surface area contributed by atoms with Crippen molar-refractivity contribution in [2.45, 2.75) is 45.3 Å². The highest BCUT2D eigenvalue weighted by atomic mass is 16.8. The second-order valence-electron chi connectivity index (χ2n) is 9.74. The van der Waals surface area contributed by atoms with E-state index in [0.717, 1.165) is 23.9 Å². The summed E-state index contributed by atoms with van der Waals surface area (Å²) in [4.78, 5) is 45.1. The molecular weight excluding hydrogens is 450 g/mol. The van der Waals surface area contributed by atoms with E-state index in [1.54, 1.807) is 54.9 Å². The van der Waals surface area contributed by atoms with Gasteiger partial charge in [-0.05, 0) is 51.8 Å². The number of nitrogens with zero attached hydrogens (tertiary/aromatic N) is 6. The molecule has 0 amide bonds. The van der Waals surface area contributed by atoms with Gasteiger partial charge in [0.15, 0.2) is 0 Å². The van der Waals surface area contributed by atoms with E-state index >= 15 is 0 Å². The molecule has 1 aliphatic carbocycles. The Morgan fingerprint density at radius 1 is 1.03 bits per heavy atom. The van der Waals surface area contributed by atoms with Crippen molar-refractivity contribution in [2.75, 3.05) is 36.4 Å². The Balaban J connectivity index is 1.20. The first-order valence-electron chi connectivity index (χ1n) is 11.8. The first-order chi connectivity index (χ1) is 16.7. The number of aromatic nitrogens is 4. The monoisotopic (exact) mass is 479 g/mol. The van der Waals surface area contributed by atoms with Crippen LogP contribution in [0.4, 0.5) is 22.2 Å². The van der Waals surface area contributed by atoms with E-state index in [9.17, 15) is 9.59 Å². The first-order valence-corrected chi connectivity index (χ1v) is 11.8. The average Bonchev–Trinajstić information content (AvgIpc) is 3.64. The molecule has 1 N–H and O–H groups in total. The van der Waals surface area contributed by atoms with Gasteiger partial charge in [-0.3, -0.25) is 9.36 Å². The molecule has 0 bridgehead atoms. The van der Waals surface area contributed by atoms with Crippen molar-refractivity contribution in [3.8, 4) is 0 Å². The molecule has 2 aliphatic rings. The number of anilines is 3. The average molecular weight is 480 g/mol. The molecule has 1 saturated carbocycles. The topological polar surface area (TPSA) is 115 Å². The van der Waals surface area contributed by atoms with E-state index in [1.807, 2.05) is 12.1 Å². The summed E-state index contributed by atoms with van der Waals surface area (Å²) < 4.78 is 6.96. The van der Waals surface area contributed by atoms with Crippen LogP contribution in [-0.2, 0) is 9.57 Å². The number of rotatable bonds is 5. The summed E-state index contributed by atoms with van der Waals surface area (Å²) in [6.07, 6.45) is 4.81. The molecule has 0 atom stereocenters. The molecule has 2 fully saturated rings. The fourth-order valence-electron chi connectivity index (χ4n) is 3.96. The predicted octanol–water partition coefficient (Wildman–Crippen LogP) is 3.25. The van der Waals surface area contributed by atoms with Crippen LogP contribution in [0.2, 0.25) is 0 Å². The molecule has 3 aromatic rings. The summed E-state index contributed by atoms with van der Waals surface area (Å²) in [5, 5.41) is 5.58. The van der Waals surface area contributed by atoms with Crippen LogP contribution in [-0.4, -0.2) is 62.5 Å². The Morgan fingerprint density at radius 2 is 1.80 bits per heavy atom. The second-order valence-corrected chi connectivity index (χ2v) is 9.74. The normalized spacial score (nSPS) is 16.8. The second kappa shape index (κ2) is 9.14. The number of ether oxygens (including phenoxy) is 1. The lowest BCUT2D eigenvalue weighted by atomic mass is 10.2. The zero-order valence-electron chi connectivity index (χ0n) is 20.1. The molecule has 4 heterocycles. The molecule has 0 radical (unpaired) electrons. The largest absolute Gasteiger partial charge is 0.528 e. The highest BCUT2D eigenvalue weighted by Gasteiger charge is 2.27. The van der Waals surface area contributed by atoms with Crippen molar-refractivity contribution in [3.05, 3.63) is 47.0 Å². The molecule has 1 aliphatic heterocycles. The van der Waals surface area contributed by atoms with Crippen LogP contribution in [0.1, 0.15) is 39.7 Å². The van der Waals surface area contributed by atoms with E-state index < -0.39 is 11.8 Å². The lowest BCUT2D eigenvalue weighted by molar-refractivity contribution is -0.144. The highest BCUT2D eigenvalue weighted by molar-refractivity contribution is 5.75. The summed E-state index contributed by atoms with van der Waals surface area (Å²) >= 11 is 0. The number of carbonyl (C=O) groups is 1. The van der Waals surface area contributed by atoms with Crippen molar-refractivity contribution in [3.63, 3.8) is 0 Å². The van der Waals surface area contributed by atoms with Gasteiger partial charge in [0.25, 0.3) is 5.56 Å². The number of fused-ring (bicyclic) bond motifs is 1. The Bertz CT molecular complexity index is 1270. The van der Waals surface area contributed by atoms with Crippen molar-refractivity contribution in [2.24, 2.45) is 0 Å². The van der Waals surface area contributed by atoms with E-state index in [-0.39, 0.29) is 11.6 Å². The number of nitrogens with one attached hydrogen (secondary N) is 1. The quantitative estimate of drug-likeness (QED) is 0.547. The molecule has 1 saturated heterocycles. The van der Waals surface area contributed by atoms with Crippen LogP contribution in [0.25, 0.3) is 11.0 Å². The van der Waals surface area contributed by atoms with Gasteiger partial charge in [-0.1, -0.05) is 0 Å². The smallest absolute Gasteiger partial charge is 0.427 e. The third-order valence-electron chi connectivity index (χ3n) is 5.76. The minimum atomic E-state index is -0.687. The van der Waals surface area contributed by atoms with Crippen LogP contribution in [0, 0.1) is 0 Å². The maximum Gasteiger partial charge on any atom is 0.528 e. The van der Waals surface area contributed by atoms with Crippen molar-refractivity contribution in [1.82, 2.24) is 24.6 Å². The maximum atomic E-state index is 12.3. The highest BCUT2D eigenvalue weighted by Crippen LogP contribution is 2.35. The third kappa shape index (κ3) is 5.51. The van der Waals surface area contributed by atoms with Crippen molar-refractivity contribution >= 4 is 34.6 Å². The molecule has 3 aromatic heterocycles. The minimum absolute atomic E-state index is 0.0382. The number of carbonyl (C=O) groups excluding carboxylic acids is 1. The van der Waals surface area contributed by atoms with Gasteiger partial charge >= 0.3 is 6.16 Å². The summed E-state index contributed by atoms with van der Waals surface area (Å²) in [5.41, 5.74) is 0.981. The molecular formula is C24H29N7O4. The number of hydroxylamine groups is 2. The lowest BCUT2D eigenvalue weighted by Gasteiger charge is -2.34. The van der Waals surface area contributed by atoms with Gasteiger partial charge in [0.05, 0.1) is 25.0 Å². The number of pyridine rings is 2. The number of hydrogen-bond donors (Lipinski definition) is 1. The Labute approximate surface area is 202 Å². The van der Waals surface area contributed by atoms with Crippen LogP contribution >= 0.6 is 0 Å². The van der Waals surface area contributed by atoms with Crippen molar-refractivity contribution < 1.29 is 14.4 Å². The molecule has 0 spiro atoms. The van der Waals surface area contributed by atoms with E-state index in [0.29, 0.717) is 43.6 Å². The van der Waals surface area contributed by atoms with Crippen LogP contribution in [0.3, 0.4) is 0 Å². The van der Waals surface area contributed by atoms with Gasteiger partial charge in [0.1, 0.15) is 17.1 Å². The predicted molar refractivity (Wildman–Crippen MR) is 131 cm³/mol. The summed E-state index contributed by atoms with van der Waals surface area (Å²) in [7, 11) is 0. The maximum absolute atomic E-state index is 12.3. The summed E-state index contributed by atoms with van der Waals surface area (Å²) in [6, 6.07) is 7.39. The zero-order chi connectivity index (χ0) is 24.6.